The molecule has 5 heteroatoms. The van der Waals surface area contributed by atoms with Gasteiger partial charge < -0.3 is 14.4 Å². The highest BCUT2D eigenvalue weighted by atomic mass is 16.5. The molecule has 1 aromatic heterocycles. The molecule has 1 saturated heterocycles. The maximum atomic E-state index is 13.2. The Balaban J connectivity index is 1.57. The zero-order valence-corrected chi connectivity index (χ0v) is 18.3. The van der Waals surface area contributed by atoms with Gasteiger partial charge in [-0.1, -0.05) is 24.3 Å². The monoisotopic (exact) mass is 416 g/mol. The predicted octanol–water partition coefficient (Wildman–Crippen LogP) is 4.98. The Morgan fingerprint density at radius 3 is 2.52 bits per heavy atom. The molecule has 1 aliphatic heterocycles. The molecule has 0 saturated carbocycles. The van der Waals surface area contributed by atoms with Crippen molar-refractivity contribution >= 4 is 5.91 Å². The zero-order chi connectivity index (χ0) is 21.8. The molecule has 160 valence electrons. The number of rotatable bonds is 6. The van der Waals surface area contributed by atoms with Gasteiger partial charge in [0.1, 0.15) is 11.5 Å². The minimum Gasteiger partial charge on any atom is -0.497 e. The molecular formula is C26H28N2O3. The van der Waals surface area contributed by atoms with Gasteiger partial charge in [-0.15, -0.1) is 0 Å². The van der Waals surface area contributed by atoms with E-state index in [4.69, 9.17) is 14.5 Å². The second-order valence-corrected chi connectivity index (χ2v) is 7.92. The zero-order valence-electron chi connectivity index (χ0n) is 18.3. The Labute approximate surface area is 183 Å². The summed E-state index contributed by atoms with van der Waals surface area (Å²) in [5.41, 5.74) is 5.10. The second kappa shape index (κ2) is 9.21. The molecule has 2 aromatic carbocycles. The summed E-state index contributed by atoms with van der Waals surface area (Å²) in [6.45, 7) is 2.77. The van der Waals surface area contributed by atoms with E-state index in [2.05, 4.69) is 24.3 Å². The molecule has 0 aliphatic carbocycles. The maximum Gasteiger partial charge on any atom is 0.227 e. The van der Waals surface area contributed by atoms with Crippen LogP contribution in [0.4, 0.5) is 0 Å². The van der Waals surface area contributed by atoms with Gasteiger partial charge in [-0.3, -0.25) is 9.78 Å². The Bertz CT molecular complexity index is 1060. The number of pyridine rings is 1. The van der Waals surface area contributed by atoms with Crippen molar-refractivity contribution in [3.05, 3.63) is 77.6 Å². The molecule has 3 aromatic rings. The Kier molecular flexibility index (Phi) is 6.21. The number of aromatic nitrogens is 1. The molecule has 1 aliphatic rings. The van der Waals surface area contributed by atoms with Gasteiger partial charge in [0.05, 0.1) is 32.4 Å². The third kappa shape index (κ3) is 4.71. The van der Waals surface area contributed by atoms with Gasteiger partial charge in [-0.2, -0.15) is 0 Å². The van der Waals surface area contributed by atoms with Crippen LogP contribution in [0.25, 0.3) is 11.1 Å². The van der Waals surface area contributed by atoms with Crippen molar-refractivity contribution in [3.63, 3.8) is 0 Å². The average molecular weight is 417 g/mol. The number of carbonyl (C=O) groups excluding carboxylic acids is 1. The molecule has 0 spiro atoms. The van der Waals surface area contributed by atoms with Crippen molar-refractivity contribution in [1.29, 1.82) is 0 Å². The standard InChI is InChI=1S/C26H28N2O3/c1-18-14-21(20-9-11-22(30-2)12-10-20)17-24(27-18)25-8-5-13-28(25)26(29)16-19-6-4-7-23(15-19)31-3/h4,6-7,9-12,14-15,17,25H,5,8,13,16H2,1-3H3. The van der Waals surface area contributed by atoms with Crippen LogP contribution in [-0.4, -0.2) is 36.6 Å². The first-order chi connectivity index (χ1) is 15.1. The summed E-state index contributed by atoms with van der Waals surface area (Å²) in [7, 11) is 3.31. The predicted molar refractivity (Wildman–Crippen MR) is 121 cm³/mol. The molecule has 1 unspecified atom stereocenters. The maximum absolute atomic E-state index is 13.2. The van der Waals surface area contributed by atoms with E-state index < -0.39 is 0 Å². The highest BCUT2D eigenvalue weighted by Gasteiger charge is 2.31. The summed E-state index contributed by atoms with van der Waals surface area (Å²) in [5, 5.41) is 0. The van der Waals surface area contributed by atoms with Crippen LogP contribution in [0.3, 0.4) is 0 Å². The lowest BCUT2D eigenvalue weighted by molar-refractivity contribution is -0.131. The number of likely N-dealkylation sites (tertiary alicyclic amines) is 1. The van der Waals surface area contributed by atoms with Crippen LogP contribution in [0.15, 0.2) is 60.7 Å². The van der Waals surface area contributed by atoms with Crippen molar-refractivity contribution in [2.24, 2.45) is 0 Å². The van der Waals surface area contributed by atoms with Crippen LogP contribution >= 0.6 is 0 Å². The minimum atomic E-state index is 0.00926. The average Bonchev–Trinajstić information content (AvgIpc) is 3.29. The minimum absolute atomic E-state index is 0.00926. The quantitative estimate of drug-likeness (QED) is 0.569. The van der Waals surface area contributed by atoms with Crippen LogP contribution in [-0.2, 0) is 11.2 Å². The summed E-state index contributed by atoms with van der Waals surface area (Å²) < 4.78 is 10.6. The van der Waals surface area contributed by atoms with Crippen LogP contribution < -0.4 is 9.47 Å². The smallest absolute Gasteiger partial charge is 0.227 e. The third-order valence-electron chi connectivity index (χ3n) is 5.80. The second-order valence-electron chi connectivity index (χ2n) is 7.92. The largest absolute Gasteiger partial charge is 0.497 e. The number of amides is 1. The molecule has 0 N–H and O–H groups in total. The number of benzene rings is 2. The SMILES string of the molecule is COc1ccc(-c2cc(C)nc(C3CCCN3C(=O)Cc3cccc(OC)c3)c2)cc1. The van der Waals surface area contributed by atoms with E-state index in [1.54, 1.807) is 14.2 Å². The number of nitrogens with zero attached hydrogens (tertiary/aromatic N) is 2. The number of carbonyl (C=O) groups is 1. The van der Waals surface area contributed by atoms with E-state index in [9.17, 15) is 4.79 Å². The highest BCUT2D eigenvalue weighted by molar-refractivity contribution is 5.79. The number of aryl methyl sites for hydroxylation is 1. The van der Waals surface area contributed by atoms with Gasteiger partial charge in [0.25, 0.3) is 0 Å². The highest BCUT2D eigenvalue weighted by Crippen LogP contribution is 2.34. The third-order valence-corrected chi connectivity index (χ3v) is 5.80. The number of ether oxygens (including phenoxy) is 2. The summed E-state index contributed by atoms with van der Waals surface area (Å²) in [4.78, 5) is 19.9. The summed E-state index contributed by atoms with van der Waals surface area (Å²) in [5.74, 6) is 1.73. The van der Waals surface area contributed by atoms with Crippen molar-refractivity contribution in [2.45, 2.75) is 32.2 Å². The van der Waals surface area contributed by atoms with Crippen LogP contribution in [0, 0.1) is 6.92 Å². The molecule has 0 bridgehead atoms. The molecule has 4 rings (SSSR count). The van der Waals surface area contributed by atoms with Gasteiger partial charge in [0.15, 0.2) is 0 Å². The topological polar surface area (TPSA) is 51.7 Å². The van der Waals surface area contributed by atoms with Crippen molar-refractivity contribution in [3.8, 4) is 22.6 Å². The van der Waals surface area contributed by atoms with E-state index in [-0.39, 0.29) is 11.9 Å². The number of hydrogen-bond donors (Lipinski definition) is 0. The van der Waals surface area contributed by atoms with Crippen LogP contribution in [0.1, 0.15) is 35.8 Å². The fourth-order valence-corrected chi connectivity index (χ4v) is 4.25. The Hall–Kier alpha value is -3.34. The first-order valence-electron chi connectivity index (χ1n) is 10.6. The molecule has 5 nitrogen and oxygen atoms in total. The van der Waals surface area contributed by atoms with Crippen LogP contribution in [0.2, 0.25) is 0 Å². The van der Waals surface area contributed by atoms with Crippen molar-refractivity contribution in [1.82, 2.24) is 9.88 Å². The fraction of sp³-hybridized carbons (Fsp3) is 0.308. The fourth-order valence-electron chi connectivity index (χ4n) is 4.25. The molecule has 0 radical (unpaired) electrons. The molecular weight excluding hydrogens is 388 g/mol. The lowest BCUT2D eigenvalue weighted by Gasteiger charge is -2.25. The number of hydrogen-bond acceptors (Lipinski definition) is 4. The van der Waals surface area contributed by atoms with Crippen LogP contribution in [0.5, 0.6) is 11.5 Å². The van der Waals surface area contributed by atoms with Crippen molar-refractivity contribution in [2.75, 3.05) is 20.8 Å². The lowest BCUT2D eigenvalue weighted by atomic mass is 10.0. The van der Waals surface area contributed by atoms with Gasteiger partial charge in [-0.05, 0) is 72.9 Å². The van der Waals surface area contributed by atoms with Gasteiger partial charge >= 0.3 is 0 Å². The normalized spacial score (nSPS) is 15.7. The molecule has 1 fully saturated rings. The summed E-state index contributed by atoms with van der Waals surface area (Å²) in [6, 6.07) is 20.0. The molecule has 2 heterocycles. The molecule has 1 amide bonds. The van der Waals surface area contributed by atoms with E-state index in [1.807, 2.05) is 48.2 Å². The summed E-state index contributed by atoms with van der Waals surface area (Å²) >= 11 is 0. The molecule has 31 heavy (non-hydrogen) atoms. The van der Waals surface area contributed by atoms with Crippen molar-refractivity contribution < 1.29 is 14.3 Å². The van der Waals surface area contributed by atoms with Gasteiger partial charge in [0, 0.05) is 12.2 Å². The Morgan fingerprint density at radius 1 is 1.00 bits per heavy atom. The first-order valence-corrected chi connectivity index (χ1v) is 10.6. The van der Waals surface area contributed by atoms with E-state index in [1.165, 1.54) is 0 Å². The lowest BCUT2D eigenvalue weighted by Crippen LogP contribution is -2.32. The van der Waals surface area contributed by atoms with E-state index in [0.29, 0.717) is 6.42 Å². The number of methoxy groups -OCH3 is 2. The Morgan fingerprint density at radius 2 is 1.77 bits per heavy atom. The first kappa shape index (κ1) is 20.9. The van der Waals surface area contributed by atoms with Gasteiger partial charge in [0.2, 0.25) is 5.91 Å². The molecule has 1 atom stereocenters. The van der Waals surface area contributed by atoms with E-state index in [0.717, 1.165) is 59.0 Å². The van der Waals surface area contributed by atoms with E-state index >= 15 is 0 Å². The van der Waals surface area contributed by atoms with Gasteiger partial charge in [-0.25, -0.2) is 0 Å². The summed E-state index contributed by atoms with van der Waals surface area (Å²) in [6.07, 6.45) is 2.29.